The predicted molar refractivity (Wildman–Crippen MR) is 127 cm³/mol. The van der Waals surface area contributed by atoms with E-state index in [9.17, 15) is 14.0 Å². The molecule has 7 nitrogen and oxygen atoms in total. The lowest BCUT2D eigenvalue weighted by Gasteiger charge is -2.14. The third-order valence-electron chi connectivity index (χ3n) is 5.94. The number of nitrogens with zero attached hydrogens (tertiary/aromatic N) is 3. The summed E-state index contributed by atoms with van der Waals surface area (Å²) in [6.07, 6.45) is -0.432. The lowest BCUT2D eigenvalue weighted by atomic mass is 10.1. The maximum Gasteiger partial charge on any atom is 0.407 e. The molecule has 0 radical (unpaired) electrons. The van der Waals surface area contributed by atoms with Crippen molar-refractivity contribution in [3.63, 3.8) is 0 Å². The van der Waals surface area contributed by atoms with Crippen molar-refractivity contribution in [2.24, 2.45) is 0 Å². The Labute approximate surface area is 199 Å². The SMILES string of the molecule is O=C(N[C@H]1CCN(C(=O)O)C1)c1ccc2c(-c3ccccc3Cl)nn(-c3ccc(F)cc3)c2c1. The Morgan fingerprint density at radius 1 is 1.09 bits per heavy atom. The van der Waals surface area contributed by atoms with Gasteiger partial charge < -0.3 is 15.3 Å². The van der Waals surface area contributed by atoms with Crippen molar-refractivity contribution in [2.75, 3.05) is 13.1 Å². The van der Waals surface area contributed by atoms with Crippen LogP contribution in [-0.2, 0) is 0 Å². The molecule has 5 rings (SSSR count). The summed E-state index contributed by atoms with van der Waals surface area (Å²) in [7, 11) is 0. The molecule has 1 aliphatic rings. The minimum atomic E-state index is -0.992. The highest BCUT2D eigenvalue weighted by Gasteiger charge is 2.27. The Morgan fingerprint density at radius 3 is 2.56 bits per heavy atom. The third-order valence-corrected chi connectivity index (χ3v) is 6.27. The Kier molecular flexibility index (Phi) is 5.67. The van der Waals surface area contributed by atoms with E-state index in [1.54, 1.807) is 35.0 Å². The van der Waals surface area contributed by atoms with Crippen LogP contribution in [0.25, 0.3) is 27.8 Å². The number of hydrogen-bond donors (Lipinski definition) is 2. The number of carbonyl (C=O) groups excluding carboxylic acids is 1. The van der Waals surface area contributed by atoms with Gasteiger partial charge in [-0.3, -0.25) is 4.79 Å². The van der Waals surface area contributed by atoms with Crippen molar-refractivity contribution in [2.45, 2.75) is 12.5 Å². The van der Waals surface area contributed by atoms with E-state index >= 15 is 0 Å². The molecule has 1 aliphatic heterocycles. The highest BCUT2D eigenvalue weighted by atomic mass is 35.5. The van der Waals surface area contributed by atoms with Crippen LogP contribution in [0.4, 0.5) is 9.18 Å². The number of benzene rings is 3. The first-order valence-corrected chi connectivity index (χ1v) is 11.1. The molecular weight excluding hydrogens is 459 g/mol. The van der Waals surface area contributed by atoms with E-state index < -0.39 is 6.09 Å². The summed E-state index contributed by atoms with van der Waals surface area (Å²) in [5.41, 5.74) is 3.09. The molecule has 1 saturated heterocycles. The number of amides is 2. The van der Waals surface area contributed by atoms with E-state index in [-0.39, 0.29) is 24.3 Å². The fourth-order valence-corrected chi connectivity index (χ4v) is 4.43. The molecule has 3 aromatic carbocycles. The van der Waals surface area contributed by atoms with E-state index in [1.807, 2.05) is 24.3 Å². The number of carboxylic acid groups (broad SMARTS) is 1. The molecule has 172 valence electrons. The van der Waals surface area contributed by atoms with Crippen molar-refractivity contribution in [1.29, 1.82) is 0 Å². The molecule has 2 heterocycles. The number of aromatic nitrogens is 2. The molecule has 1 atom stereocenters. The van der Waals surface area contributed by atoms with Crippen LogP contribution < -0.4 is 5.32 Å². The molecule has 1 fully saturated rings. The van der Waals surface area contributed by atoms with E-state index in [1.165, 1.54) is 17.0 Å². The monoisotopic (exact) mass is 478 g/mol. The molecule has 9 heteroatoms. The van der Waals surface area contributed by atoms with E-state index in [4.69, 9.17) is 21.8 Å². The first-order chi connectivity index (χ1) is 16.4. The molecule has 2 amide bonds. The molecule has 34 heavy (non-hydrogen) atoms. The van der Waals surface area contributed by atoms with Gasteiger partial charge in [-0.2, -0.15) is 5.10 Å². The van der Waals surface area contributed by atoms with Gasteiger partial charge in [0.25, 0.3) is 5.91 Å². The van der Waals surface area contributed by atoms with Crippen LogP contribution in [0.2, 0.25) is 5.02 Å². The van der Waals surface area contributed by atoms with Crippen molar-refractivity contribution in [1.82, 2.24) is 20.0 Å². The smallest absolute Gasteiger partial charge is 0.407 e. The Hall–Kier alpha value is -3.91. The van der Waals surface area contributed by atoms with Crippen LogP contribution in [0.5, 0.6) is 0 Å². The molecule has 0 saturated carbocycles. The summed E-state index contributed by atoms with van der Waals surface area (Å²) in [5, 5.41) is 18.1. The van der Waals surface area contributed by atoms with E-state index in [0.29, 0.717) is 40.4 Å². The van der Waals surface area contributed by atoms with Crippen molar-refractivity contribution in [3.05, 3.63) is 83.1 Å². The molecule has 2 N–H and O–H groups in total. The fraction of sp³-hybridized carbons (Fsp3) is 0.160. The highest BCUT2D eigenvalue weighted by Crippen LogP contribution is 2.34. The van der Waals surface area contributed by atoms with Crippen molar-refractivity contribution in [3.8, 4) is 16.9 Å². The van der Waals surface area contributed by atoms with Gasteiger partial charge in [0.05, 0.1) is 16.2 Å². The number of fused-ring (bicyclic) bond motifs is 1. The summed E-state index contributed by atoms with van der Waals surface area (Å²) in [5.74, 6) is -0.663. The zero-order chi connectivity index (χ0) is 23.8. The van der Waals surface area contributed by atoms with Gasteiger partial charge in [-0.05, 0) is 55.0 Å². The number of halogens is 2. The van der Waals surface area contributed by atoms with E-state index in [0.717, 1.165) is 10.9 Å². The Balaban J connectivity index is 1.55. The average molecular weight is 479 g/mol. The first-order valence-electron chi connectivity index (χ1n) is 10.7. The summed E-state index contributed by atoms with van der Waals surface area (Å²) < 4.78 is 15.2. The van der Waals surface area contributed by atoms with Crippen LogP contribution in [-0.4, -0.2) is 50.9 Å². The molecule has 0 aliphatic carbocycles. The topological polar surface area (TPSA) is 87.5 Å². The zero-order valence-corrected chi connectivity index (χ0v) is 18.7. The third kappa shape index (κ3) is 4.08. The van der Waals surface area contributed by atoms with Crippen molar-refractivity contribution >= 4 is 34.5 Å². The van der Waals surface area contributed by atoms with Gasteiger partial charge in [0.15, 0.2) is 0 Å². The second-order valence-electron chi connectivity index (χ2n) is 8.14. The number of likely N-dealkylation sites (tertiary alicyclic amines) is 1. The molecular formula is C25H20ClFN4O3. The van der Waals surface area contributed by atoms with Crippen LogP contribution in [0.3, 0.4) is 0 Å². The van der Waals surface area contributed by atoms with Crippen LogP contribution in [0, 0.1) is 5.82 Å². The zero-order valence-electron chi connectivity index (χ0n) is 17.9. The second-order valence-corrected chi connectivity index (χ2v) is 8.54. The average Bonchev–Trinajstić information content (AvgIpc) is 3.45. The normalized spacial score (nSPS) is 15.6. The van der Waals surface area contributed by atoms with Gasteiger partial charge in [0, 0.05) is 35.6 Å². The second kappa shape index (κ2) is 8.79. The lowest BCUT2D eigenvalue weighted by molar-refractivity contribution is 0.0936. The maximum absolute atomic E-state index is 13.5. The Morgan fingerprint density at radius 2 is 1.85 bits per heavy atom. The van der Waals surface area contributed by atoms with Gasteiger partial charge in [-0.15, -0.1) is 0 Å². The summed E-state index contributed by atoms with van der Waals surface area (Å²) >= 11 is 6.44. The standard InChI is InChI=1S/C25H20ClFN4O3/c26-21-4-2-1-3-19(21)23-20-10-5-15(24(32)28-17-11-12-30(14-17)25(33)34)13-22(20)31(29-23)18-8-6-16(27)7-9-18/h1-10,13,17H,11-12,14H2,(H,28,32)(H,33,34)/t17-/m0/s1. The summed E-state index contributed by atoms with van der Waals surface area (Å²) in [6.45, 7) is 0.644. The van der Waals surface area contributed by atoms with E-state index in [2.05, 4.69) is 5.32 Å². The molecule has 1 aromatic heterocycles. The number of hydrogen-bond acceptors (Lipinski definition) is 3. The van der Waals surface area contributed by atoms with Crippen LogP contribution in [0.15, 0.2) is 66.7 Å². The fourth-order valence-electron chi connectivity index (χ4n) is 4.21. The van der Waals surface area contributed by atoms with Gasteiger partial charge in [0.2, 0.25) is 0 Å². The number of rotatable bonds is 4. The molecule has 0 bridgehead atoms. The minimum Gasteiger partial charge on any atom is -0.465 e. The summed E-state index contributed by atoms with van der Waals surface area (Å²) in [4.78, 5) is 25.4. The van der Waals surface area contributed by atoms with Crippen LogP contribution >= 0.6 is 11.6 Å². The van der Waals surface area contributed by atoms with Gasteiger partial charge >= 0.3 is 6.09 Å². The number of carbonyl (C=O) groups is 2. The van der Waals surface area contributed by atoms with Gasteiger partial charge in [-0.1, -0.05) is 29.8 Å². The van der Waals surface area contributed by atoms with Gasteiger partial charge in [0.1, 0.15) is 11.5 Å². The highest BCUT2D eigenvalue weighted by molar-refractivity contribution is 6.33. The molecule has 4 aromatic rings. The largest absolute Gasteiger partial charge is 0.465 e. The maximum atomic E-state index is 13.5. The minimum absolute atomic E-state index is 0.250. The summed E-state index contributed by atoms with van der Waals surface area (Å²) in [6, 6.07) is 18.3. The quantitative estimate of drug-likeness (QED) is 0.433. The van der Waals surface area contributed by atoms with Crippen LogP contribution in [0.1, 0.15) is 16.8 Å². The van der Waals surface area contributed by atoms with Crippen molar-refractivity contribution < 1.29 is 19.1 Å². The molecule has 0 spiro atoms. The molecule has 0 unspecified atom stereocenters. The number of nitrogens with one attached hydrogen (secondary N) is 1. The predicted octanol–water partition coefficient (Wildman–Crippen LogP) is 4.97. The van der Waals surface area contributed by atoms with Gasteiger partial charge in [-0.25, -0.2) is 13.9 Å². The lowest BCUT2D eigenvalue weighted by Crippen LogP contribution is -2.38. The Bertz CT molecular complexity index is 1400. The first kappa shape index (κ1) is 21.9.